The second-order valence-electron chi connectivity index (χ2n) is 5.55. The summed E-state index contributed by atoms with van der Waals surface area (Å²) in [6.45, 7) is 3.29. The summed E-state index contributed by atoms with van der Waals surface area (Å²) in [7, 11) is -2.41. The highest BCUT2D eigenvalue weighted by Crippen LogP contribution is 2.19. The van der Waals surface area contributed by atoms with Crippen molar-refractivity contribution < 1.29 is 22.0 Å². The molecule has 0 aliphatic heterocycles. The van der Waals surface area contributed by atoms with Crippen LogP contribution in [0.2, 0.25) is 0 Å². The average Bonchev–Trinajstić information content (AvgIpc) is 2.57. The zero-order valence-corrected chi connectivity index (χ0v) is 14.7. The SMILES string of the molecule is CNS(=O)(=O)c1ccc(C)c(C(=O)NC(C)c2ccc(F)c(F)c2)c1. The van der Waals surface area contributed by atoms with E-state index in [1.807, 2.05) is 0 Å². The molecule has 8 heteroatoms. The van der Waals surface area contributed by atoms with Crippen LogP contribution in [0.25, 0.3) is 0 Å². The second-order valence-corrected chi connectivity index (χ2v) is 7.44. The molecule has 0 saturated heterocycles. The Bertz CT molecular complexity index is 914. The average molecular weight is 368 g/mol. The molecule has 1 unspecified atom stereocenters. The molecule has 25 heavy (non-hydrogen) atoms. The van der Waals surface area contributed by atoms with E-state index in [1.54, 1.807) is 13.8 Å². The lowest BCUT2D eigenvalue weighted by Crippen LogP contribution is -2.28. The molecule has 1 atom stereocenters. The summed E-state index contributed by atoms with van der Waals surface area (Å²) in [5.74, 6) is -2.48. The molecular weight excluding hydrogens is 350 g/mol. The number of amides is 1. The number of sulfonamides is 1. The van der Waals surface area contributed by atoms with Crippen LogP contribution in [-0.4, -0.2) is 21.4 Å². The van der Waals surface area contributed by atoms with Gasteiger partial charge in [-0.3, -0.25) is 4.79 Å². The summed E-state index contributed by atoms with van der Waals surface area (Å²) < 4.78 is 52.3. The van der Waals surface area contributed by atoms with Crippen molar-refractivity contribution in [1.82, 2.24) is 10.0 Å². The lowest BCUT2D eigenvalue weighted by atomic mass is 10.1. The number of carbonyl (C=O) groups excluding carboxylic acids is 1. The minimum absolute atomic E-state index is 0.0359. The first-order valence-corrected chi connectivity index (χ1v) is 8.94. The molecule has 2 N–H and O–H groups in total. The summed E-state index contributed by atoms with van der Waals surface area (Å²) in [6, 6.07) is 6.98. The molecular formula is C17H18F2N2O3S. The van der Waals surface area contributed by atoms with Gasteiger partial charge in [0.25, 0.3) is 5.91 Å². The molecule has 0 aliphatic carbocycles. The molecule has 0 radical (unpaired) electrons. The summed E-state index contributed by atoms with van der Waals surface area (Å²) in [4.78, 5) is 12.4. The lowest BCUT2D eigenvalue weighted by Gasteiger charge is -2.16. The van der Waals surface area contributed by atoms with E-state index < -0.39 is 33.6 Å². The van der Waals surface area contributed by atoms with Gasteiger partial charge >= 0.3 is 0 Å². The normalized spacial score (nSPS) is 12.7. The summed E-state index contributed by atoms with van der Waals surface area (Å²) in [6.07, 6.45) is 0. The standard InChI is InChI=1S/C17H18F2N2O3S/c1-10-4-6-13(25(23,24)20-3)9-14(10)17(22)21-11(2)12-5-7-15(18)16(19)8-12/h4-9,11,20H,1-3H3,(H,21,22). The van der Waals surface area contributed by atoms with Crippen LogP contribution in [-0.2, 0) is 10.0 Å². The molecule has 5 nitrogen and oxygen atoms in total. The van der Waals surface area contributed by atoms with Crippen LogP contribution in [0.1, 0.15) is 34.5 Å². The highest BCUT2D eigenvalue weighted by atomic mass is 32.2. The van der Waals surface area contributed by atoms with Crippen molar-refractivity contribution in [2.75, 3.05) is 7.05 Å². The van der Waals surface area contributed by atoms with Gasteiger partial charge in [-0.15, -0.1) is 0 Å². The Kier molecular flexibility index (Phi) is 5.54. The number of halogens is 2. The van der Waals surface area contributed by atoms with Crippen LogP contribution >= 0.6 is 0 Å². The predicted octanol–water partition coefficient (Wildman–Crippen LogP) is 2.67. The number of nitrogens with one attached hydrogen (secondary N) is 2. The first-order chi connectivity index (χ1) is 11.7. The van der Waals surface area contributed by atoms with E-state index in [1.165, 1.54) is 31.3 Å². The van der Waals surface area contributed by atoms with Gasteiger partial charge in [0.05, 0.1) is 10.9 Å². The second kappa shape index (κ2) is 7.28. The Balaban J connectivity index is 2.28. The Morgan fingerprint density at radius 2 is 1.76 bits per heavy atom. The van der Waals surface area contributed by atoms with Crippen LogP contribution in [0.3, 0.4) is 0 Å². The van der Waals surface area contributed by atoms with Crippen LogP contribution in [0.4, 0.5) is 8.78 Å². The first-order valence-electron chi connectivity index (χ1n) is 7.45. The van der Waals surface area contributed by atoms with E-state index in [0.717, 1.165) is 12.1 Å². The van der Waals surface area contributed by atoms with E-state index in [9.17, 15) is 22.0 Å². The Morgan fingerprint density at radius 1 is 1.08 bits per heavy atom. The Labute approximate surface area is 145 Å². The van der Waals surface area contributed by atoms with Crippen molar-refractivity contribution in [3.8, 4) is 0 Å². The maximum Gasteiger partial charge on any atom is 0.252 e. The van der Waals surface area contributed by atoms with Gasteiger partial charge in [-0.05, 0) is 56.3 Å². The van der Waals surface area contributed by atoms with Crippen molar-refractivity contribution in [2.45, 2.75) is 24.8 Å². The monoisotopic (exact) mass is 368 g/mol. The molecule has 0 fully saturated rings. The maximum absolute atomic E-state index is 13.3. The van der Waals surface area contributed by atoms with Gasteiger partial charge in [0, 0.05) is 5.56 Å². The fourth-order valence-corrected chi connectivity index (χ4v) is 3.03. The van der Waals surface area contributed by atoms with Crippen LogP contribution < -0.4 is 10.0 Å². The van der Waals surface area contributed by atoms with Gasteiger partial charge in [-0.2, -0.15) is 0 Å². The topological polar surface area (TPSA) is 75.3 Å². The highest BCUT2D eigenvalue weighted by molar-refractivity contribution is 7.89. The highest BCUT2D eigenvalue weighted by Gasteiger charge is 2.18. The van der Waals surface area contributed by atoms with Crippen molar-refractivity contribution in [3.63, 3.8) is 0 Å². The molecule has 134 valence electrons. The molecule has 2 aromatic carbocycles. The van der Waals surface area contributed by atoms with Crippen molar-refractivity contribution >= 4 is 15.9 Å². The number of rotatable bonds is 5. The molecule has 2 aromatic rings. The third-order valence-corrected chi connectivity index (χ3v) is 5.24. The van der Waals surface area contributed by atoms with Gasteiger partial charge in [0.2, 0.25) is 10.0 Å². The van der Waals surface area contributed by atoms with Crippen molar-refractivity contribution in [2.24, 2.45) is 0 Å². The van der Waals surface area contributed by atoms with Gasteiger partial charge in [0.15, 0.2) is 11.6 Å². The number of benzene rings is 2. The lowest BCUT2D eigenvalue weighted by molar-refractivity contribution is 0.0939. The molecule has 0 aliphatic rings. The third-order valence-electron chi connectivity index (χ3n) is 3.82. The maximum atomic E-state index is 13.3. The minimum Gasteiger partial charge on any atom is -0.346 e. The molecule has 0 aromatic heterocycles. The smallest absolute Gasteiger partial charge is 0.252 e. The zero-order valence-electron chi connectivity index (χ0n) is 13.9. The summed E-state index contributed by atoms with van der Waals surface area (Å²) in [5, 5.41) is 2.65. The van der Waals surface area contributed by atoms with Crippen molar-refractivity contribution in [1.29, 1.82) is 0 Å². The van der Waals surface area contributed by atoms with E-state index in [-0.39, 0.29) is 10.5 Å². The predicted molar refractivity (Wildman–Crippen MR) is 89.7 cm³/mol. The van der Waals surface area contributed by atoms with Gasteiger partial charge in [-0.25, -0.2) is 21.9 Å². The molecule has 0 bridgehead atoms. The fourth-order valence-electron chi connectivity index (χ4n) is 2.27. The van der Waals surface area contributed by atoms with Gasteiger partial charge in [0.1, 0.15) is 0 Å². The van der Waals surface area contributed by atoms with E-state index in [0.29, 0.717) is 11.1 Å². The third kappa shape index (κ3) is 4.21. The number of carbonyl (C=O) groups is 1. The van der Waals surface area contributed by atoms with Crippen LogP contribution in [0.5, 0.6) is 0 Å². The number of hydrogen-bond acceptors (Lipinski definition) is 3. The largest absolute Gasteiger partial charge is 0.346 e. The van der Waals surface area contributed by atoms with Crippen molar-refractivity contribution in [3.05, 3.63) is 64.7 Å². The molecule has 0 saturated carbocycles. The molecule has 0 spiro atoms. The zero-order chi connectivity index (χ0) is 18.8. The quantitative estimate of drug-likeness (QED) is 0.852. The fraction of sp³-hybridized carbons (Fsp3) is 0.235. The van der Waals surface area contributed by atoms with E-state index in [2.05, 4.69) is 10.0 Å². The minimum atomic E-state index is -3.68. The number of hydrogen-bond donors (Lipinski definition) is 2. The molecule has 2 rings (SSSR count). The van der Waals surface area contributed by atoms with E-state index >= 15 is 0 Å². The first kappa shape index (κ1) is 19.0. The molecule has 1 amide bonds. The van der Waals surface area contributed by atoms with Gasteiger partial charge in [-0.1, -0.05) is 12.1 Å². The molecule has 0 heterocycles. The van der Waals surface area contributed by atoms with Crippen LogP contribution in [0.15, 0.2) is 41.3 Å². The Morgan fingerprint density at radius 3 is 2.36 bits per heavy atom. The van der Waals surface area contributed by atoms with Crippen LogP contribution in [0, 0.1) is 18.6 Å². The summed E-state index contributed by atoms with van der Waals surface area (Å²) in [5.41, 5.74) is 1.17. The van der Waals surface area contributed by atoms with Gasteiger partial charge < -0.3 is 5.32 Å². The Hall–Kier alpha value is -2.32. The van der Waals surface area contributed by atoms with E-state index in [4.69, 9.17) is 0 Å². The number of aryl methyl sites for hydroxylation is 1. The summed E-state index contributed by atoms with van der Waals surface area (Å²) >= 11 is 0.